The first-order valence-corrected chi connectivity index (χ1v) is 11.9. The van der Waals surface area contributed by atoms with Gasteiger partial charge in [0.25, 0.3) is 0 Å². The highest BCUT2D eigenvalue weighted by Gasteiger charge is 2.21. The molecule has 1 saturated heterocycles. The lowest BCUT2D eigenvalue weighted by molar-refractivity contribution is 0.649. The molecule has 3 heterocycles. The van der Waals surface area contributed by atoms with Gasteiger partial charge in [-0.2, -0.15) is 0 Å². The van der Waals surface area contributed by atoms with Crippen LogP contribution in [0.1, 0.15) is 16.8 Å². The molecule has 1 aliphatic heterocycles. The molecule has 1 fully saturated rings. The van der Waals surface area contributed by atoms with Crippen molar-refractivity contribution >= 4 is 22.2 Å². The maximum atomic E-state index is 4.51. The fourth-order valence-electron chi connectivity index (χ4n) is 4.02. The lowest BCUT2D eigenvalue weighted by atomic mass is 10.1. The van der Waals surface area contributed by atoms with Gasteiger partial charge in [-0.3, -0.25) is 4.57 Å². The number of nitrogens with zero attached hydrogens (tertiary/aromatic N) is 5. The monoisotopic (exact) mass is 444 g/mol. The highest BCUT2D eigenvalue weighted by Crippen LogP contribution is 2.26. The van der Waals surface area contributed by atoms with Crippen molar-refractivity contribution in [2.75, 3.05) is 36.0 Å². The Morgan fingerprint density at radius 2 is 1.50 bits per heavy atom. The lowest BCUT2D eigenvalue weighted by Gasteiger charge is -2.35. The van der Waals surface area contributed by atoms with E-state index < -0.39 is 0 Å². The minimum absolute atomic E-state index is 0.783. The van der Waals surface area contributed by atoms with Gasteiger partial charge < -0.3 is 15.1 Å². The van der Waals surface area contributed by atoms with E-state index in [4.69, 9.17) is 0 Å². The molecule has 0 unspecified atom stereocenters. The van der Waals surface area contributed by atoms with E-state index >= 15 is 0 Å². The summed E-state index contributed by atoms with van der Waals surface area (Å²) in [4.78, 5) is 4.78. The molecule has 2 aromatic heterocycles. The number of rotatable bonds is 7. The third-order valence-corrected chi connectivity index (χ3v) is 6.85. The first-order valence-electron chi connectivity index (χ1n) is 11.1. The molecular formula is C25H28N6S. The maximum Gasteiger partial charge on any atom is 0.218 e. The molecule has 0 amide bonds. The lowest BCUT2D eigenvalue weighted by Crippen LogP contribution is -2.46. The number of benzene rings is 2. The fourth-order valence-corrected chi connectivity index (χ4v) is 4.93. The van der Waals surface area contributed by atoms with E-state index in [9.17, 15) is 0 Å². The zero-order chi connectivity index (χ0) is 21.8. The zero-order valence-corrected chi connectivity index (χ0v) is 19.1. The second-order valence-electron chi connectivity index (χ2n) is 8.14. The molecule has 1 aliphatic rings. The van der Waals surface area contributed by atoms with E-state index in [2.05, 4.69) is 110 Å². The van der Waals surface area contributed by atoms with Gasteiger partial charge in [0, 0.05) is 56.8 Å². The fraction of sp³-hybridized carbons (Fsp3) is 0.280. The number of aromatic nitrogens is 3. The molecule has 0 spiro atoms. The Bertz CT molecular complexity index is 1130. The van der Waals surface area contributed by atoms with Gasteiger partial charge in [-0.05, 0) is 36.8 Å². The Morgan fingerprint density at radius 1 is 0.781 bits per heavy atom. The van der Waals surface area contributed by atoms with Gasteiger partial charge in [-0.15, -0.1) is 10.2 Å². The second kappa shape index (κ2) is 9.54. The smallest absolute Gasteiger partial charge is 0.218 e. The predicted molar refractivity (Wildman–Crippen MR) is 132 cm³/mol. The summed E-state index contributed by atoms with van der Waals surface area (Å²) in [6.07, 6.45) is 2.07. The largest absolute Gasteiger partial charge is 0.368 e. The molecule has 164 valence electrons. The summed E-state index contributed by atoms with van der Waals surface area (Å²) in [6, 6.07) is 23.5. The van der Waals surface area contributed by atoms with E-state index in [1.807, 2.05) is 0 Å². The van der Waals surface area contributed by atoms with E-state index in [1.165, 1.54) is 22.5 Å². The van der Waals surface area contributed by atoms with Crippen molar-refractivity contribution in [2.24, 2.45) is 0 Å². The third kappa shape index (κ3) is 4.69. The van der Waals surface area contributed by atoms with Crippen LogP contribution in [0.3, 0.4) is 0 Å². The number of nitrogens with one attached hydrogen (secondary N) is 1. The van der Waals surface area contributed by atoms with Crippen molar-refractivity contribution in [1.82, 2.24) is 20.1 Å². The van der Waals surface area contributed by atoms with Crippen LogP contribution in [0.25, 0.3) is 5.13 Å². The molecule has 0 radical (unpaired) electrons. The van der Waals surface area contributed by atoms with Crippen LogP contribution < -0.4 is 15.1 Å². The number of aryl methyl sites for hydroxylation is 1. The number of anilines is 2. The second-order valence-corrected chi connectivity index (χ2v) is 9.07. The van der Waals surface area contributed by atoms with Gasteiger partial charge >= 0.3 is 0 Å². The number of para-hydroxylation sites is 1. The van der Waals surface area contributed by atoms with Crippen LogP contribution in [0.2, 0.25) is 0 Å². The van der Waals surface area contributed by atoms with Crippen LogP contribution in [0.15, 0.2) is 72.9 Å². The van der Waals surface area contributed by atoms with Crippen molar-refractivity contribution in [2.45, 2.75) is 20.0 Å². The average molecular weight is 445 g/mol. The molecule has 7 heteroatoms. The normalized spacial score (nSPS) is 14.2. The molecule has 4 aromatic rings. The highest BCUT2D eigenvalue weighted by molar-refractivity contribution is 7.17. The minimum atomic E-state index is 0.783. The predicted octanol–water partition coefficient (Wildman–Crippen LogP) is 4.25. The molecule has 32 heavy (non-hydrogen) atoms. The minimum Gasteiger partial charge on any atom is -0.368 e. The zero-order valence-electron chi connectivity index (χ0n) is 18.3. The summed E-state index contributed by atoms with van der Waals surface area (Å²) in [5.74, 6) is 0. The summed E-state index contributed by atoms with van der Waals surface area (Å²) in [5.41, 5.74) is 5.06. The van der Waals surface area contributed by atoms with Gasteiger partial charge in [0.1, 0.15) is 0 Å². The Hall–Kier alpha value is -3.16. The maximum absolute atomic E-state index is 4.51. The average Bonchev–Trinajstić information content (AvgIpc) is 3.51. The molecule has 0 atom stereocenters. The Kier molecular flexibility index (Phi) is 6.18. The van der Waals surface area contributed by atoms with Crippen LogP contribution in [0, 0.1) is 6.92 Å². The molecule has 0 saturated carbocycles. The van der Waals surface area contributed by atoms with Crippen LogP contribution in [0.4, 0.5) is 10.8 Å². The molecule has 1 N–H and O–H groups in total. The first kappa shape index (κ1) is 20.7. The summed E-state index contributed by atoms with van der Waals surface area (Å²) < 4.78 is 2.14. The summed E-state index contributed by atoms with van der Waals surface area (Å²) >= 11 is 1.66. The van der Waals surface area contributed by atoms with E-state index in [-0.39, 0.29) is 0 Å². The van der Waals surface area contributed by atoms with Crippen LogP contribution >= 0.6 is 11.3 Å². The van der Waals surface area contributed by atoms with E-state index in [1.54, 1.807) is 11.3 Å². The molecule has 2 aromatic carbocycles. The third-order valence-electron chi connectivity index (χ3n) is 5.87. The van der Waals surface area contributed by atoms with Gasteiger partial charge in [-0.25, -0.2) is 0 Å². The van der Waals surface area contributed by atoms with Gasteiger partial charge in [0.05, 0.1) is 0 Å². The first-order chi connectivity index (χ1) is 15.8. The summed E-state index contributed by atoms with van der Waals surface area (Å²) in [5, 5.41) is 14.5. The van der Waals surface area contributed by atoms with Gasteiger partial charge in [0.15, 0.2) is 0 Å². The summed E-state index contributed by atoms with van der Waals surface area (Å²) in [6.45, 7) is 7.65. The van der Waals surface area contributed by atoms with Crippen LogP contribution in [0.5, 0.6) is 0 Å². The Balaban J connectivity index is 1.19. The van der Waals surface area contributed by atoms with Crippen LogP contribution in [-0.4, -0.2) is 40.9 Å². The molecule has 5 rings (SSSR count). The Morgan fingerprint density at radius 3 is 2.28 bits per heavy atom. The van der Waals surface area contributed by atoms with E-state index in [0.717, 1.165) is 49.5 Å². The van der Waals surface area contributed by atoms with Crippen molar-refractivity contribution in [1.29, 1.82) is 0 Å². The standard InChI is InChI=1S/C25H28N6S/c1-20-9-11-21(12-10-20)18-26-19-23-8-5-13-31(23)25-28-27-24(32-25)30-16-14-29(15-17-30)22-6-3-2-4-7-22/h2-13,26H,14-19H2,1H3. The van der Waals surface area contributed by atoms with E-state index in [0.29, 0.717) is 0 Å². The van der Waals surface area contributed by atoms with Crippen molar-refractivity contribution in [3.05, 3.63) is 89.7 Å². The number of hydrogen-bond donors (Lipinski definition) is 1. The van der Waals surface area contributed by atoms with Crippen LogP contribution in [-0.2, 0) is 13.1 Å². The van der Waals surface area contributed by atoms with Gasteiger partial charge in [-0.1, -0.05) is 59.4 Å². The van der Waals surface area contributed by atoms with Crippen molar-refractivity contribution < 1.29 is 0 Å². The molecular weight excluding hydrogens is 416 g/mol. The number of piperazine rings is 1. The molecule has 0 bridgehead atoms. The quantitative estimate of drug-likeness (QED) is 0.462. The SMILES string of the molecule is Cc1ccc(CNCc2cccn2-c2nnc(N3CCN(c4ccccc4)CC3)s2)cc1. The van der Waals surface area contributed by atoms with Crippen molar-refractivity contribution in [3.63, 3.8) is 0 Å². The number of hydrogen-bond acceptors (Lipinski definition) is 6. The Labute approximate surface area is 193 Å². The highest BCUT2D eigenvalue weighted by atomic mass is 32.1. The van der Waals surface area contributed by atoms with Gasteiger partial charge in [0.2, 0.25) is 10.3 Å². The molecule has 6 nitrogen and oxygen atoms in total. The van der Waals surface area contributed by atoms with Crippen molar-refractivity contribution in [3.8, 4) is 5.13 Å². The summed E-state index contributed by atoms with van der Waals surface area (Å²) in [7, 11) is 0. The topological polar surface area (TPSA) is 49.2 Å². The molecule has 0 aliphatic carbocycles.